The first-order valence-electron chi connectivity index (χ1n) is 8.13. The van der Waals surface area contributed by atoms with Crippen molar-refractivity contribution in [2.24, 2.45) is 5.92 Å². The molecule has 7 heteroatoms. The highest BCUT2D eigenvalue weighted by Crippen LogP contribution is 2.25. The summed E-state index contributed by atoms with van der Waals surface area (Å²) in [4.78, 5) is 12.4. The van der Waals surface area contributed by atoms with Gasteiger partial charge in [-0.1, -0.05) is 13.3 Å². The molecule has 1 aliphatic rings. The zero-order valence-corrected chi connectivity index (χ0v) is 13.5. The van der Waals surface area contributed by atoms with E-state index in [2.05, 4.69) is 5.32 Å². The minimum Gasteiger partial charge on any atom is -0.394 e. The highest BCUT2D eigenvalue weighted by Gasteiger charge is 2.29. The van der Waals surface area contributed by atoms with Crippen LogP contribution < -0.4 is 5.32 Å². The van der Waals surface area contributed by atoms with Crippen LogP contribution in [0.2, 0.25) is 0 Å². The molecule has 0 spiro atoms. The number of carbonyl (C=O) groups is 1. The predicted molar refractivity (Wildman–Crippen MR) is 81.7 cm³/mol. The number of nitrogens with one attached hydrogen (secondary N) is 1. The molecule has 0 aromatic heterocycles. The van der Waals surface area contributed by atoms with E-state index in [-0.39, 0.29) is 23.5 Å². The van der Waals surface area contributed by atoms with E-state index in [9.17, 15) is 23.1 Å². The third-order valence-corrected chi connectivity index (χ3v) is 4.26. The Hall–Kier alpha value is -1.60. The van der Waals surface area contributed by atoms with Crippen LogP contribution in [-0.2, 0) is 9.53 Å². The summed E-state index contributed by atoms with van der Waals surface area (Å²) in [6.45, 7) is 1.97. The summed E-state index contributed by atoms with van der Waals surface area (Å²) in [5.74, 6) is -4.87. The van der Waals surface area contributed by atoms with Crippen molar-refractivity contribution in [1.82, 2.24) is 5.32 Å². The smallest absolute Gasteiger partial charge is 0.223 e. The number of ether oxygens (including phenoxy) is 1. The fourth-order valence-corrected chi connectivity index (χ4v) is 2.94. The second-order valence-electron chi connectivity index (χ2n) is 6.05. The SMILES string of the molecule is CCCC1CC(C(=O)NC(CO)c2cc(F)c(F)c(F)c2)CCO1. The Morgan fingerprint density at radius 1 is 1.38 bits per heavy atom. The molecule has 134 valence electrons. The topological polar surface area (TPSA) is 58.6 Å². The Labute approximate surface area is 139 Å². The van der Waals surface area contributed by atoms with Gasteiger partial charge in [-0.15, -0.1) is 0 Å². The molecule has 0 saturated carbocycles. The van der Waals surface area contributed by atoms with E-state index in [0.717, 1.165) is 25.0 Å². The summed E-state index contributed by atoms with van der Waals surface area (Å²) >= 11 is 0. The molecule has 1 amide bonds. The van der Waals surface area contributed by atoms with E-state index in [1.165, 1.54) is 0 Å². The van der Waals surface area contributed by atoms with Gasteiger partial charge < -0.3 is 15.2 Å². The first kappa shape index (κ1) is 18.7. The highest BCUT2D eigenvalue weighted by atomic mass is 19.2. The molecule has 1 saturated heterocycles. The number of halogens is 3. The lowest BCUT2D eigenvalue weighted by atomic mass is 9.92. The van der Waals surface area contributed by atoms with Gasteiger partial charge in [-0.3, -0.25) is 4.79 Å². The van der Waals surface area contributed by atoms with Crippen LogP contribution >= 0.6 is 0 Å². The van der Waals surface area contributed by atoms with Crippen molar-refractivity contribution in [1.29, 1.82) is 0 Å². The molecule has 2 N–H and O–H groups in total. The fourth-order valence-electron chi connectivity index (χ4n) is 2.94. The fraction of sp³-hybridized carbons (Fsp3) is 0.588. The summed E-state index contributed by atoms with van der Waals surface area (Å²) in [6, 6.07) is 0.571. The molecule has 1 aliphatic heterocycles. The van der Waals surface area contributed by atoms with Crippen molar-refractivity contribution in [3.63, 3.8) is 0 Å². The third-order valence-electron chi connectivity index (χ3n) is 4.26. The molecular weight excluding hydrogens is 323 g/mol. The zero-order valence-electron chi connectivity index (χ0n) is 13.5. The van der Waals surface area contributed by atoms with Gasteiger partial charge in [0.2, 0.25) is 5.91 Å². The normalized spacial score (nSPS) is 22.2. The lowest BCUT2D eigenvalue weighted by Gasteiger charge is -2.30. The standard InChI is InChI=1S/C17H22F3NO3/c1-2-3-12-6-10(4-5-24-12)17(23)21-15(9-22)11-7-13(18)16(20)14(19)8-11/h7-8,10,12,15,22H,2-6,9H2,1H3,(H,21,23). The van der Waals surface area contributed by atoms with Crippen molar-refractivity contribution in [2.75, 3.05) is 13.2 Å². The van der Waals surface area contributed by atoms with Crippen molar-refractivity contribution in [2.45, 2.75) is 44.8 Å². The first-order valence-corrected chi connectivity index (χ1v) is 8.13. The molecule has 1 fully saturated rings. The number of carbonyl (C=O) groups excluding carboxylic acids is 1. The van der Waals surface area contributed by atoms with E-state index in [4.69, 9.17) is 4.74 Å². The molecule has 3 atom stereocenters. The molecular formula is C17H22F3NO3. The van der Waals surface area contributed by atoms with Crippen molar-refractivity contribution in [3.05, 3.63) is 35.1 Å². The maximum absolute atomic E-state index is 13.3. The zero-order chi connectivity index (χ0) is 17.7. The van der Waals surface area contributed by atoms with Gasteiger partial charge >= 0.3 is 0 Å². The number of hydrogen-bond acceptors (Lipinski definition) is 3. The van der Waals surface area contributed by atoms with Gasteiger partial charge in [0.05, 0.1) is 18.8 Å². The predicted octanol–water partition coefficient (Wildman–Crippen LogP) is 2.85. The van der Waals surface area contributed by atoms with Gasteiger partial charge in [0.15, 0.2) is 17.5 Å². The number of aliphatic hydroxyl groups is 1. The van der Waals surface area contributed by atoms with Gasteiger partial charge in [0, 0.05) is 12.5 Å². The summed E-state index contributed by atoms with van der Waals surface area (Å²) in [5, 5.41) is 12.0. The second kappa shape index (κ2) is 8.48. The van der Waals surface area contributed by atoms with Gasteiger partial charge in [-0.2, -0.15) is 0 Å². The lowest BCUT2D eigenvalue weighted by molar-refractivity contribution is -0.131. The molecule has 0 aliphatic carbocycles. The third kappa shape index (κ3) is 4.48. The van der Waals surface area contributed by atoms with Crippen molar-refractivity contribution >= 4 is 5.91 Å². The van der Waals surface area contributed by atoms with Crippen LogP contribution in [0.5, 0.6) is 0 Å². The summed E-state index contributed by atoms with van der Waals surface area (Å²) in [7, 11) is 0. The Morgan fingerprint density at radius 3 is 2.62 bits per heavy atom. The Bertz CT molecular complexity index is 557. The molecule has 1 aromatic rings. The molecule has 3 unspecified atom stereocenters. The minimum atomic E-state index is -1.58. The van der Waals surface area contributed by atoms with E-state index in [1.54, 1.807) is 0 Å². The number of rotatable bonds is 6. The quantitative estimate of drug-likeness (QED) is 0.780. The molecule has 2 rings (SSSR count). The Morgan fingerprint density at radius 2 is 2.04 bits per heavy atom. The van der Waals surface area contributed by atoms with Crippen LogP contribution in [0.3, 0.4) is 0 Å². The average molecular weight is 345 g/mol. The van der Waals surface area contributed by atoms with Crippen molar-refractivity contribution < 1.29 is 27.8 Å². The van der Waals surface area contributed by atoms with Crippen LogP contribution in [-0.4, -0.2) is 30.3 Å². The number of hydrogen-bond donors (Lipinski definition) is 2. The monoisotopic (exact) mass is 345 g/mol. The van der Waals surface area contributed by atoms with Crippen LogP contribution in [0.15, 0.2) is 12.1 Å². The van der Waals surface area contributed by atoms with E-state index in [1.807, 2.05) is 6.92 Å². The minimum absolute atomic E-state index is 0.0144. The Kier molecular flexibility index (Phi) is 6.62. The maximum Gasteiger partial charge on any atom is 0.223 e. The molecule has 0 bridgehead atoms. The molecule has 24 heavy (non-hydrogen) atoms. The first-order chi connectivity index (χ1) is 11.5. The van der Waals surface area contributed by atoms with Gasteiger partial charge in [-0.25, -0.2) is 13.2 Å². The average Bonchev–Trinajstić information content (AvgIpc) is 2.57. The molecule has 0 radical (unpaired) electrons. The maximum atomic E-state index is 13.3. The summed E-state index contributed by atoms with van der Waals surface area (Å²) in [6.07, 6.45) is 2.96. The van der Waals surface area contributed by atoms with Gasteiger partial charge in [-0.05, 0) is 37.0 Å². The second-order valence-corrected chi connectivity index (χ2v) is 6.05. The van der Waals surface area contributed by atoms with E-state index < -0.39 is 30.1 Å². The number of aliphatic hydroxyl groups excluding tert-OH is 1. The molecule has 1 heterocycles. The van der Waals surface area contributed by atoms with Gasteiger partial charge in [0.1, 0.15) is 0 Å². The van der Waals surface area contributed by atoms with E-state index >= 15 is 0 Å². The largest absolute Gasteiger partial charge is 0.394 e. The summed E-state index contributed by atoms with van der Waals surface area (Å²) < 4.78 is 45.3. The van der Waals surface area contributed by atoms with Crippen LogP contribution in [0.1, 0.15) is 44.2 Å². The van der Waals surface area contributed by atoms with Crippen LogP contribution in [0.25, 0.3) is 0 Å². The Balaban J connectivity index is 2.05. The van der Waals surface area contributed by atoms with E-state index in [0.29, 0.717) is 19.4 Å². The number of benzene rings is 1. The van der Waals surface area contributed by atoms with Gasteiger partial charge in [0.25, 0.3) is 0 Å². The lowest BCUT2D eigenvalue weighted by Crippen LogP contribution is -2.40. The summed E-state index contributed by atoms with van der Waals surface area (Å²) in [5.41, 5.74) is -0.0144. The van der Waals surface area contributed by atoms with Crippen LogP contribution in [0.4, 0.5) is 13.2 Å². The molecule has 4 nitrogen and oxygen atoms in total. The highest BCUT2D eigenvalue weighted by molar-refractivity contribution is 5.79. The van der Waals surface area contributed by atoms with Crippen molar-refractivity contribution in [3.8, 4) is 0 Å². The number of amides is 1. The van der Waals surface area contributed by atoms with Crippen LogP contribution in [0, 0.1) is 23.4 Å². The molecule has 1 aromatic carbocycles.